The van der Waals surface area contributed by atoms with Crippen molar-refractivity contribution in [2.45, 2.75) is 24.6 Å². The minimum Gasteiger partial charge on any atom is -0.352 e. The molecule has 2 N–H and O–H groups in total. The first kappa shape index (κ1) is 16.8. The van der Waals surface area contributed by atoms with E-state index in [2.05, 4.69) is 5.32 Å². The van der Waals surface area contributed by atoms with Crippen molar-refractivity contribution in [2.75, 3.05) is 12.8 Å². The van der Waals surface area contributed by atoms with Crippen LogP contribution in [0.25, 0.3) is 0 Å². The van der Waals surface area contributed by atoms with Crippen LogP contribution in [0.4, 0.5) is 13.2 Å². The molecule has 1 aromatic carbocycles. The molecule has 0 saturated heterocycles. The van der Waals surface area contributed by atoms with Crippen LogP contribution in [0.2, 0.25) is 0 Å². The van der Waals surface area contributed by atoms with Gasteiger partial charge in [0.15, 0.2) is 0 Å². The van der Waals surface area contributed by atoms with Crippen molar-refractivity contribution in [1.82, 2.24) is 10.0 Å². The lowest BCUT2D eigenvalue weighted by molar-refractivity contribution is -0.137. The summed E-state index contributed by atoms with van der Waals surface area (Å²) in [4.78, 5) is 11.6. The quantitative estimate of drug-likeness (QED) is 0.849. The van der Waals surface area contributed by atoms with E-state index in [9.17, 15) is 26.4 Å². The summed E-state index contributed by atoms with van der Waals surface area (Å²) < 4.78 is 62.4. The number of alkyl halides is 3. The molecular formula is C13H15F3N2O3S. The smallest absolute Gasteiger partial charge is 0.352 e. The van der Waals surface area contributed by atoms with Crippen LogP contribution < -0.4 is 10.0 Å². The van der Waals surface area contributed by atoms with Crippen molar-refractivity contribution in [3.05, 3.63) is 35.4 Å². The number of nitrogens with one attached hydrogen (secondary N) is 2. The molecular weight excluding hydrogens is 321 g/mol. The number of benzene rings is 1. The van der Waals surface area contributed by atoms with Crippen LogP contribution in [0.15, 0.2) is 24.3 Å². The molecule has 0 radical (unpaired) electrons. The summed E-state index contributed by atoms with van der Waals surface area (Å²) in [5.41, 5.74) is -0.253. The number of carbonyl (C=O) groups is 1. The van der Waals surface area contributed by atoms with Gasteiger partial charge in [-0.3, -0.25) is 4.79 Å². The molecule has 9 heteroatoms. The summed E-state index contributed by atoms with van der Waals surface area (Å²) >= 11 is 0. The van der Waals surface area contributed by atoms with Gasteiger partial charge < -0.3 is 5.32 Å². The van der Waals surface area contributed by atoms with E-state index < -0.39 is 33.4 Å². The molecule has 1 fully saturated rings. The number of carbonyl (C=O) groups excluding carboxylic acids is 1. The van der Waals surface area contributed by atoms with Crippen LogP contribution in [0, 0.1) is 0 Å². The third-order valence-electron chi connectivity index (χ3n) is 3.41. The van der Waals surface area contributed by atoms with Gasteiger partial charge in [0.2, 0.25) is 15.9 Å². The third-order valence-corrected chi connectivity index (χ3v) is 4.68. The van der Waals surface area contributed by atoms with Gasteiger partial charge in [-0.15, -0.1) is 0 Å². The van der Waals surface area contributed by atoms with Crippen LogP contribution in [0.3, 0.4) is 0 Å². The number of hydrogen-bond acceptors (Lipinski definition) is 3. The maximum absolute atomic E-state index is 12.6. The molecule has 0 heterocycles. The minimum atomic E-state index is -4.41. The van der Waals surface area contributed by atoms with E-state index in [1.807, 2.05) is 4.72 Å². The maximum atomic E-state index is 12.6. The average molecular weight is 336 g/mol. The fraction of sp³-hybridized carbons (Fsp3) is 0.462. The number of sulfonamides is 1. The second-order valence-corrected chi connectivity index (χ2v) is 7.03. The Bertz CT molecular complexity index is 673. The Morgan fingerprint density at radius 3 is 2.64 bits per heavy atom. The Balaban J connectivity index is 1.97. The molecule has 1 amide bonds. The molecule has 1 aromatic rings. The zero-order valence-corrected chi connectivity index (χ0v) is 12.5. The Morgan fingerprint density at radius 2 is 2.05 bits per heavy atom. The largest absolute Gasteiger partial charge is 0.416 e. The molecule has 1 aliphatic carbocycles. The standard InChI is InChI=1S/C13H15F3N2O3S/c1-17-22(20,21)7-12(19)18-11-6-10(11)8-3-2-4-9(5-8)13(14,15)16/h2-5,10-11,17H,6-7H2,1H3,(H,18,19). The molecule has 0 aliphatic heterocycles. The van der Waals surface area contributed by atoms with Crippen LogP contribution in [0.5, 0.6) is 0 Å². The van der Waals surface area contributed by atoms with Crippen molar-refractivity contribution < 1.29 is 26.4 Å². The van der Waals surface area contributed by atoms with E-state index in [0.717, 1.165) is 12.1 Å². The van der Waals surface area contributed by atoms with E-state index >= 15 is 0 Å². The first-order chi connectivity index (χ1) is 10.1. The average Bonchev–Trinajstić information content (AvgIpc) is 3.16. The van der Waals surface area contributed by atoms with Gasteiger partial charge in [0, 0.05) is 12.0 Å². The lowest BCUT2D eigenvalue weighted by atomic mass is 10.1. The van der Waals surface area contributed by atoms with Gasteiger partial charge in [-0.05, 0) is 25.1 Å². The van der Waals surface area contributed by atoms with Gasteiger partial charge in [0.05, 0.1) is 5.56 Å². The van der Waals surface area contributed by atoms with Crippen molar-refractivity contribution in [3.63, 3.8) is 0 Å². The summed E-state index contributed by atoms with van der Waals surface area (Å²) in [6.07, 6.45) is -3.92. The van der Waals surface area contributed by atoms with Crippen molar-refractivity contribution in [1.29, 1.82) is 0 Å². The monoisotopic (exact) mass is 336 g/mol. The highest BCUT2D eigenvalue weighted by molar-refractivity contribution is 7.90. The number of hydrogen-bond donors (Lipinski definition) is 2. The van der Waals surface area contributed by atoms with Gasteiger partial charge in [-0.1, -0.05) is 18.2 Å². The number of halogens is 3. The molecule has 0 aromatic heterocycles. The highest BCUT2D eigenvalue weighted by Crippen LogP contribution is 2.42. The Morgan fingerprint density at radius 1 is 1.36 bits per heavy atom. The van der Waals surface area contributed by atoms with Crippen molar-refractivity contribution in [2.24, 2.45) is 0 Å². The molecule has 1 aliphatic rings. The predicted octanol–water partition coefficient (Wildman–Crippen LogP) is 1.23. The summed E-state index contributed by atoms with van der Waals surface area (Å²) in [6.45, 7) is 0. The SMILES string of the molecule is CNS(=O)(=O)CC(=O)NC1CC1c1cccc(C(F)(F)F)c1. The van der Waals surface area contributed by atoms with Crippen molar-refractivity contribution >= 4 is 15.9 Å². The molecule has 1 saturated carbocycles. The Labute approximate surface area is 125 Å². The maximum Gasteiger partial charge on any atom is 0.416 e. The van der Waals surface area contributed by atoms with E-state index in [-0.39, 0.29) is 12.0 Å². The summed E-state index contributed by atoms with van der Waals surface area (Å²) in [5.74, 6) is -1.59. The lowest BCUT2D eigenvalue weighted by Gasteiger charge is -2.09. The summed E-state index contributed by atoms with van der Waals surface area (Å²) in [6, 6.07) is 4.60. The van der Waals surface area contributed by atoms with E-state index in [4.69, 9.17) is 0 Å². The highest BCUT2D eigenvalue weighted by atomic mass is 32.2. The first-order valence-corrected chi connectivity index (χ1v) is 8.15. The second kappa shape index (κ2) is 5.88. The molecule has 2 unspecified atom stereocenters. The second-order valence-electron chi connectivity index (χ2n) is 5.10. The van der Waals surface area contributed by atoms with E-state index in [1.54, 1.807) is 6.07 Å². The van der Waals surface area contributed by atoms with Gasteiger partial charge >= 0.3 is 6.18 Å². The molecule has 122 valence electrons. The van der Waals surface area contributed by atoms with Gasteiger partial charge in [-0.25, -0.2) is 13.1 Å². The normalized spacial score (nSPS) is 21.5. The molecule has 5 nitrogen and oxygen atoms in total. The van der Waals surface area contributed by atoms with Gasteiger partial charge in [0.25, 0.3) is 0 Å². The fourth-order valence-electron chi connectivity index (χ4n) is 2.16. The third kappa shape index (κ3) is 4.20. The fourth-order valence-corrected chi connectivity index (χ4v) is 2.73. The molecule has 0 spiro atoms. The van der Waals surface area contributed by atoms with Crippen LogP contribution in [-0.2, 0) is 21.0 Å². The van der Waals surface area contributed by atoms with E-state index in [0.29, 0.717) is 12.0 Å². The highest BCUT2D eigenvalue weighted by Gasteiger charge is 2.41. The van der Waals surface area contributed by atoms with Crippen LogP contribution in [0.1, 0.15) is 23.5 Å². The van der Waals surface area contributed by atoms with E-state index in [1.165, 1.54) is 13.1 Å². The first-order valence-electron chi connectivity index (χ1n) is 6.50. The van der Waals surface area contributed by atoms with Crippen molar-refractivity contribution in [3.8, 4) is 0 Å². The molecule has 0 bridgehead atoms. The molecule has 2 rings (SSSR count). The van der Waals surface area contributed by atoms with Gasteiger partial charge in [-0.2, -0.15) is 13.2 Å². The zero-order chi connectivity index (χ0) is 16.5. The van der Waals surface area contributed by atoms with Crippen LogP contribution >= 0.6 is 0 Å². The molecule has 2 atom stereocenters. The topological polar surface area (TPSA) is 75.3 Å². The van der Waals surface area contributed by atoms with Crippen LogP contribution in [-0.4, -0.2) is 33.2 Å². The number of rotatable bonds is 5. The Kier molecular flexibility index (Phi) is 4.48. The summed E-state index contributed by atoms with van der Waals surface area (Å²) in [5, 5.41) is 2.51. The zero-order valence-electron chi connectivity index (χ0n) is 11.6. The van der Waals surface area contributed by atoms with Gasteiger partial charge in [0.1, 0.15) is 5.75 Å². The predicted molar refractivity (Wildman–Crippen MR) is 73.6 cm³/mol. The Hall–Kier alpha value is -1.61. The lowest BCUT2D eigenvalue weighted by Crippen LogP contribution is -2.36. The summed E-state index contributed by atoms with van der Waals surface area (Å²) in [7, 11) is -2.46. The molecule has 22 heavy (non-hydrogen) atoms. The number of amides is 1. The minimum absolute atomic E-state index is 0.219.